The summed E-state index contributed by atoms with van der Waals surface area (Å²) in [6, 6.07) is 0. The number of nitrogens with one attached hydrogen (secondary N) is 2. The molecule has 0 unspecified atom stereocenters. The number of H-pyrrole nitrogens is 2. The Labute approximate surface area is 327 Å². The van der Waals surface area contributed by atoms with Gasteiger partial charge in [-0.3, -0.25) is 28.7 Å². The molecule has 2 aliphatic rings. The molecule has 4 aromatic heterocycles. The van der Waals surface area contributed by atoms with E-state index in [0.29, 0.717) is 18.1 Å². The Morgan fingerprint density at radius 1 is 0.772 bits per heavy atom. The third-order valence-corrected chi connectivity index (χ3v) is 14.3. The van der Waals surface area contributed by atoms with Crippen molar-refractivity contribution in [2.24, 2.45) is 0 Å². The first-order valence-electron chi connectivity index (χ1n) is 18.3. The minimum absolute atomic E-state index is 0.0674. The standard InChI is InChI=1S/C21H32N6O4Si.C14H16N6O5/c1-8-15-16(31-32(6,7)21(3,4)5)11-18(30-15)27-12-14(19(28)22-20(27)29)9-10-17-25-23-13(2)24-26-17;1-7-16-18-11(19-17-7)3-2-8-5-20(14(24)15-13(8)23)12-4-9(22)10(6-21)25-12/h9-10,12,15-16,18H,8,11H2,1-7H3,(H,22,28,29);2-3,5,9-10,12,21-22H,4,6H2,1H3,(H,15,23,24)/b10-9+;3-2+/t15-,16-,18-;9-,10-,12-/m11/s1. The lowest BCUT2D eigenvalue weighted by atomic mass is 10.1. The number of aliphatic hydroxyl groups excluding tert-OH is 2. The fraction of sp³-hybridized carbons (Fsp3) is 0.543. The zero-order valence-electron chi connectivity index (χ0n) is 33.0. The van der Waals surface area contributed by atoms with Gasteiger partial charge in [-0.25, -0.2) is 9.59 Å². The van der Waals surface area contributed by atoms with Crippen molar-refractivity contribution >= 4 is 32.6 Å². The number of aromatic nitrogens is 12. The summed E-state index contributed by atoms with van der Waals surface area (Å²) in [4.78, 5) is 53.4. The van der Waals surface area contributed by atoms with Crippen LogP contribution in [-0.4, -0.2) is 109 Å². The molecule has 2 aliphatic heterocycles. The smallest absolute Gasteiger partial charge is 0.330 e. The van der Waals surface area contributed by atoms with E-state index in [0.717, 1.165) is 11.0 Å². The lowest BCUT2D eigenvalue weighted by Crippen LogP contribution is -2.45. The molecule has 306 valence electrons. The van der Waals surface area contributed by atoms with E-state index >= 15 is 0 Å². The van der Waals surface area contributed by atoms with E-state index in [9.17, 15) is 24.3 Å². The highest BCUT2D eigenvalue weighted by molar-refractivity contribution is 6.74. The maximum absolute atomic E-state index is 12.6. The number of aryl methyl sites for hydroxylation is 2. The van der Waals surface area contributed by atoms with E-state index in [-0.39, 0.29) is 53.0 Å². The third-order valence-electron chi connectivity index (χ3n) is 9.84. The highest BCUT2D eigenvalue weighted by Crippen LogP contribution is 2.41. The number of nitrogens with zero attached hydrogens (tertiary/aromatic N) is 10. The third kappa shape index (κ3) is 10.6. The number of rotatable bonds is 10. The Bertz CT molecular complexity index is 2300. The van der Waals surface area contributed by atoms with Crippen LogP contribution in [0, 0.1) is 13.8 Å². The van der Waals surface area contributed by atoms with Crippen molar-refractivity contribution in [1.82, 2.24) is 59.9 Å². The zero-order valence-corrected chi connectivity index (χ0v) is 34.0. The number of aromatic amines is 2. The van der Waals surface area contributed by atoms with Crippen LogP contribution in [0.3, 0.4) is 0 Å². The quantitative estimate of drug-likeness (QED) is 0.162. The SMILES string of the molecule is CC[C@H]1O[C@@H](n2cc(/C=C/c3nnc(C)nn3)c(=O)[nH]c2=O)C[C@H]1O[Si](C)(C)C(C)(C)C.Cc1nnc(/C=C/c2cn([C@H]3C[C@@H](O)[C@@H](CO)O3)c(=O)[nH]c2=O)nn1. The number of aliphatic hydroxyl groups is 2. The largest absolute Gasteiger partial charge is 0.411 e. The monoisotopic (exact) mass is 808 g/mol. The molecule has 0 amide bonds. The molecule has 22 heteroatoms. The molecule has 0 aromatic carbocycles. The van der Waals surface area contributed by atoms with E-state index in [1.54, 1.807) is 13.8 Å². The fourth-order valence-electron chi connectivity index (χ4n) is 5.67. The van der Waals surface area contributed by atoms with Crippen molar-refractivity contribution in [2.75, 3.05) is 6.61 Å². The van der Waals surface area contributed by atoms with Crippen LogP contribution in [0.2, 0.25) is 18.1 Å². The van der Waals surface area contributed by atoms with Crippen molar-refractivity contribution in [3.8, 4) is 0 Å². The summed E-state index contributed by atoms with van der Waals surface area (Å²) < 4.78 is 20.8. The second kappa shape index (κ2) is 17.9. The summed E-state index contributed by atoms with van der Waals surface area (Å²) in [5, 5.41) is 49.5. The van der Waals surface area contributed by atoms with Crippen LogP contribution in [0.25, 0.3) is 24.3 Å². The molecule has 6 rings (SSSR count). The Balaban J connectivity index is 0.000000224. The topological polar surface area (TPSA) is 281 Å². The van der Waals surface area contributed by atoms with Gasteiger partial charge in [0, 0.05) is 25.2 Å². The van der Waals surface area contributed by atoms with Crippen molar-refractivity contribution in [3.05, 3.63) is 88.5 Å². The van der Waals surface area contributed by atoms with Gasteiger partial charge in [0.15, 0.2) is 31.6 Å². The van der Waals surface area contributed by atoms with Crippen LogP contribution >= 0.6 is 0 Å². The van der Waals surface area contributed by atoms with Crippen molar-refractivity contribution in [3.63, 3.8) is 0 Å². The van der Waals surface area contributed by atoms with E-state index in [2.05, 4.69) is 84.6 Å². The van der Waals surface area contributed by atoms with Gasteiger partial charge in [0.05, 0.1) is 36.0 Å². The second-order valence-electron chi connectivity index (χ2n) is 15.1. The Kier molecular flexibility index (Phi) is 13.5. The van der Waals surface area contributed by atoms with Crippen LogP contribution < -0.4 is 22.5 Å². The predicted molar refractivity (Wildman–Crippen MR) is 208 cm³/mol. The molecule has 57 heavy (non-hydrogen) atoms. The van der Waals surface area contributed by atoms with Gasteiger partial charge in [0.2, 0.25) is 0 Å². The summed E-state index contributed by atoms with van der Waals surface area (Å²) in [7, 11) is -2.01. The molecular weight excluding hydrogens is 761 g/mol. The second-order valence-corrected chi connectivity index (χ2v) is 19.8. The van der Waals surface area contributed by atoms with Gasteiger partial charge in [0.1, 0.15) is 18.6 Å². The van der Waals surface area contributed by atoms with Crippen molar-refractivity contribution in [1.29, 1.82) is 0 Å². The summed E-state index contributed by atoms with van der Waals surface area (Å²) >= 11 is 0. The van der Waals surface area contributed by atoms with Crippen LogP contribution in [0.15, 0.2) is 31.6 Å². The van der Waals surface area contributed by atoms with E-state index in [1.165, 1.54) is 41.3 Å². The van der Waals surface area contributed by atoms with Gasteiger partial charge < -0.3 is 24.1 Å². The highest BCUT2D eigenvalue weighted by atomic mass is 28.4. The van der Waals surface area contributed by atoms with Gasteiger partial charge in [-0.1, -0.05) is 27.7 Å². The minimum atomic E-state index is -2.01. The van der Waals surface area contributed by atoms with Crippen molar-refractivity contribution < 1.29 is 24.1 Å². The zero-order chi connectivity index (χ0) is 41.7. The minimum Gasteiger partial charge on any atom is -0.411 e. The predicted octanol–water partition coefficient (Wildman–Crippen LogP) is 0.919. The average Bonchev–Trinajstić information content (AvgIpc) is 3.73. The summed E-state index contributed by atoms with van der Waals surface area (Å²) in [6.07, 6.45) is 6.91. The molecule has 2 fully saturated rings. The summed E-state index contributed by atoms with van der Waals surface area (Å²) in [5.74, 6) is 1.33. The molecule has 0 saturated carbocycles. The van der Waals surface area contributed by atoms with E-state index < -0.39 is 55.5 Å². The molecule has 21 nitrogen and oxygen atoms in total. The Morgan fingerprint density at radius 3 is 1.61 bits per heavy atom. The summed E-state index contributed by atoms with van der Waals surface area (Å²) in [6.45, 7) is 16.0. The van der Waals surface area contributed by atoms with Gasteiger partial charge in [-0.15, -0.1) is 40.8 Å². The fourth-order valence-corrected chi connectivity index (χ4v) is 7.03. The molecule has 2 saturated heterocycles. The Hall–Kier alpha value is -5.26. The van der Waals surface area contributed by atoms with Crippen LogP contribution in [0.4, 0.5) is 0 Å². The lowest BCUT2D eigenvalue weighted by Gasteiger charge is -2.39. The van der Waals surface area contributed by atoms with Gasteiger partial charge in [-0.2, -0.15) is 0 Å². The molecule has 4 N–H and O–H groups in total. The molecule has 4 aromatic rings. The van der Waals surface area contributed by atoms with Gasteiger partial charge in [0.25, 0.3) is 11.1 Å². The maximum atomic E-state index is 12.6. The molecule has 0 bridgehead atoms. The van der Waals surface area contributed by atoms with Crippen LogP contribution in [0.1, 0.15) is 93.8 Å². The van der Waals surface area contributed by atoms with E-state index in [4.69, 9.17) is 19.0 Å². The van der Waals surface area contributed by atoms with Crippen LogP contribution in [-0.2, 0) is 13.9 Å². The maximum Gasteiger partial charge on any atom is 0.330 e. The molecular formula is C35H48N12O9Si. The first-order chi connectivity index (χ1) is 26.9. The lowest BCUT2D eigenvalue weighted by molar-refractivity contribution is -0.0459. The summed E-state index contributed by atoms with van der Waals surface area (Å²) in [5.41, 5.74) is -1.85. The van der Waals surface area contributed by atoms with Crippen LogP contribution in [0.5, 0.6) is 0 Å². The van der Waals surface area contributed by atoms with Gasteiger partial charge >= 0.3 is 11.4 Å². The van der Waals surface area contributed by atoms with Gasteiger partial charge in [-0.05, 0) is 62.7 Å². The van der Waals surface area contributed by atoms with E-state index in [1.807, 2.05) is 6.92 Å². The normalized spacial score (nSPS) is 22.6. The molecule has 0 spiro atoms. The first kappa shape index (κ1) is 42.9. The highest BCUT2D eigenvalue weighted by Gasteiger charge is 2.44. The Morgan fingerprint density at radius 2 is 1.21 bits per heavy atom. The molecule has 0 aliphatic carbocycles. The average molecular weight is 809 g/mol. The number of ether oxygens (including phenoxy) is 2. The molecule has 0 radical (unpaired) electrons. The first-order valence-corrected chi connectivity index (χ1v) is 21.2. The molecule has 6 atom stereocenters. The number of hydrogen-bond donors (Lipinski definition) is 4. The molecule has 6 heterocycles. The van der Waals surface area contributed by atoms with Crippen molar-refractivity contribution in [2.45, 2.75) is 116 Å². The number of hydrogen-bond acceptors (Lipinski definition) is 17.